The molecule has 0 aliphatic heterocycles. The van der Waals surface area contributed by atoms with Crippen molar-refractivity contribution in [3.8, 4) is 5.75 Å². The fourth-order valence-corrected chi connectivity index (χ4v) is 1.80. The number of ketones is 1. The molecule has 4 heteroatoms. The number of hydrogen-bond acceptors (Lipinski definition) is 4. The van der Waals surface area contributed by atoms with Gasteiger partial charge in [-0.3, -0.25) is 4.79 Å². The number of benzene rings is 1. The van der Waals surface area contributed by atoms with E-state index in [2.05, 4.69) is 0 Å². The van der Waals surface area contributed by atoms with E-state index in [1.807, 2.05) is 24.1 Å². The maximum absolute atomic E-state index is 11.2. The molecule has 0 unspecified atom stereocenters. The van der Waals surface area contributed by atoms with Crippen LogP contribution in [0.2, 0.25) is 0 Å². The first-order valence-corrected chi connectivity index (χ1v) is 5.64. The lowest BCUT2D eigenvalue weighted by atomic mass is 10.1. The summed E-state index contributed by atoms with van der Waals surface area (Å²) < 4.78 is 5.00. The van der Waals surface area contributed by atoms with Gasteiger partial charge in [-0.1, -0.05) is 0 Å². The van der Waals surface area contributed by atoms with E-state index in [-0.39, 0.29) is 11.5 Å². The Bertz CT molecular complexity index is 546. The molecular weight excluding hydrogens is 230 g/mol. The number of nitrogens with zero attached hydrogens (tertiary/aromatic N) is 1. The quantitative estimate of drug-likeness (QED) is 0.841. The molecule has 0 aliphatic carbocycles. The second-order valence-electron chi connectivity index (χ2n) is 4.25. The Kier molecular flexibility index (Phi) is 3.37. The van der Waals surface area contributed by atoms with Crippen LogP contribution < -0.4 is 4.90 Å². The summed E-state index contributed by atoms with van der Waals surface area (Å²) in [7, 11) is 1.91. The zero-order valence-corrected chi connectivity index (χ0v) is 10.4. The Labute approximate surface area is 105 Å². The number of hydrogen-bond donors (Lipinski definition) is 1. The summed E-state index contributed by atoms with van der Waals surface area (Å²) in [5, 5.41) is 9.77. The SMILES string of the molecule is CC(=O)c1ccc(N(C)Cc2ccoc2)cc1O. The van der Waals surface area contributed by atoms with Crippen LogP contribution in [0.15, 0.2) is 41.2 Å². The highest BCUT2D eigenvalue weighted by molar-refractivity contribution is 5.97. The molecule has 2 rings (SSSR count). The maximum atomic E-state index is 11.2. The van der Waals surface area contributed by atoms with Crippen LogP contribution in [-0.4, -0.2) is 17.9 Å². The van der Waals surface area contributed by atoms with Gasteiger partial charge in [0, 0.05) is 30.9 Å². The molecular formula is C14H15NO3. The van der Waals surface area contributed by atoms with Crippen molar-refractivity contribution < 1.29 is 14.3 Å². The van der Waals surface area contributed by atoms with Crippen LogP contribution in [0.1, 0.15) is 22.8 Å². The molecule has 0 atom stereocenters. The third-order valence-corrected chi connectivity index (χ3v) is 2.80. The second-order valence-corrected chi connectivity index (χ2v) is 4.25. The molecule has 1 aromatic carbocycles. The normalized spacial score (nSPS) is 10.3. The Morgan fingerprint density at radius 2 is 2.17 bits per heavy atom. The van der Waals surface area contributed by atoms with E-state index in [0.717, 1.165) is 11.3 Å². The number of Topliss-reactive ketones (excluding diaryl/α,β-unsaturated/α-hetero) is 1. The van der Waals surface area contributed by atoms with Gasteiger partial charge < -0.3 is 14.4 Å². The van der Waals surface area contributed by atoms with Gasteiger partial charge in [0.2, 0.25) is 0 Å². The standard InChI is InChI=1S/C14H15NO3/c1-10(16)13-4-3-12(7-14(13)17)15(2)8-11-5-6-18-9-11/h3-7,9,17H,8H2,1-2H3. The van der Waals surface area contributed by atoms with Crippen molar-refractivity contribution in [2.45, 2.75) is 13.5 Å². The monoisotopic (exact) mass is 245 g/mol. The maximum Gasteiger partial charge on any atom is 0.163 e. The Morgan fingerprint density at radius 1 is 1.39 bits per heavy atom. The minimum atomic E-state index is -0.142. The minimum absolute atomic E-state index is 0.0130. The first-order valence-electron chi connectivity index (χ1n) is 5.64. The molecule has 2 aromatic rings. The van der Waals surface area contributed by atoms with Gasteiger partial charge in [-0.05, 0) is 25.1 Å². The predicted molar refractivity (Wildman–Crippen MR) is 68.9 cm³/mol. The van der Waals surface area contributed by atoms with Gasteiger partial charge in [0.05, 0.1) is 18.1 Å². The van der Waals surface area contributed by atoms with E-state index in [1.165, 1.54) is 6.92 Å². The van der Waals surface area contributed by atoms with Gasteiger partial charge in [0.1, 0.15) is 5.75 Å². The number of phenolic OH excluding ortho intramolecular Hbond substituents is 1. The van der Waals surface area contributed by atoms with Crippen LogP contribution in [-0.2, 0) is 6.54 Å². The van der Waals surface area contributed by atoms with Gasteiger partial charge in [-0.15, -0.1) is 0 Å². The van der Waals surface area contributed by atoms with Gasteiger partial charge in [-0.25, -0.2) is 0 Å². The van der Waals surface area contributed by atoms with Gasteiger partial charge in [-0.2, -0.15) is 0 Å². The lowest BCUT2D eigenvalue weighted by Crippen LogP contribution is -2.15. The summed E-state index contributed by atoms with van der Waals surface area (Å²) in [5.41, 5.74) is 2.24. The van der Waals surface area contributed by atoms with Crippen molar-refractivity contribution in [3.63, 3.8) is 0 Å². The second kappa shape index (κ2) is 4.96. The number of carbonyl (C=O) groups is 1. The Hall–Kier alpha value is -2.23. The van der Waals surface area contributed by atoms with E-state index >= 15 is 0 Å². The highest BCUT2D eigenvalue weighted by Crippen LogP contribution is 2.25. The molecule has 0 bridgehead atoms. The summed E-state index contributed by atoms with van der Waals surface area (Å²) in [4.78, 5) is 13.2. The number of furan rings is 1. The Balaban J connectivity index is 2.18. The van der Waals surface area contributed by atoms with E-state index in [4.69, 9.17) is 4.42 Å². The molecule has 1 aromatic heterocycles. The van der Waals surface area contributed by atoms with Crippen LogP contribution >= 0.6 is 0 Å². The van der Waals surface area contributed by atoms with E-state index in [9.17, 15) is 9.90 Å². The zero-order valence-electron chi connectivity index (χ0n) is 10.4. The number of phenols is 1. The highest BCUT2D eigenvalue weighted by atomic mass is 16.3. The van der Waals surface area contributed by atoms with Crippen LogP contribution in [0.3, 0.4) is 0 Å². The van der Waals surface area contributed by atoms with Crippen LogP contribution in [0.5, 0.6) is 5.75 Å². The average Bonchev–Trinajstić information content (AvgIpc) is 2.81. The molecule has 0 aliphatic rings. The predicted octanol–water partition coefficient (Wildman–Crippen LogP) is 2.82. The lowest BCUT2D eigenvalue weighted by molar-refractivity contribution is 0.101. The molecule has 0 fully saturated rings. The van der Waals surface area contributed by atoms with Gasteiger partial charge in [0.25, 0.3) is 0 Å². The summed E-state index contributed by atoms with van der Waals surface area (Å²) in [6.45, 7) is 2.11. The largest absolute Gasteiger partial charge is 0.507 e. The van der Waals surface area contributed by atoms with Crippen LogP contribution in [0.25, 0.3) is 0 Å². The molecule has 18 heavy (non-hydrogen) atoms. The lowest BCUT2D eigenvalue weighted by Gasteiger charge is -2.19. The molecule has 1 heterocycles. The van der Waals surface area contributed by atoms with Gasteiger partial charge in [0.15, 0.2) is 5.78 Å². The molecule has 4 nitrogen and oxygen atoms in total. The molecule has 0 radical (unpaired) electrons. The third-order valence-electron chi connectivity index (χ3n) is 2.80. The van der Waals surface area contributed by atoms with E-state index in [0.29, 0.717) is 12.1 Å². The van der Waals surface area contributed by atoms with Crippen molar-refractivity contribution >= 4 is 11.5 Å². The molecule has 0 saturated heterocycles. The number of aromatic hydroxyl groups is 1. The molecule has 1 N–H and O–H groups in total. The Morgan fingerprint density at radius 3 is 2.72 bits per heavy atom. The van der Waals surface area contributed by atoms with Crippen molar-refractivity contribution in [1.82, 2.24) is 0 Å². The van der Waals surface area contributed by atoms with Crippen LogP contribution in [0.4, 0.5) is 5.69 Å². The van der Waals surface area contributed by atoms with Crippen LogP contribution in [0, 0.1) is 0 Å². The third kappa shape index (κ3) is 2.53. The number of carbonyl (C=O) groups excluding carboxylic acids is 1. The molecule has 0 saturated carbocycles. The van der Waals surface area contributed by atoms with Crippen molar-refractivity contribution in [1.29, 1.82) is 0 Å². The first kappa shape index (κ1) is 12.2. The van der Waals surface area contributed by atoms with E-state index < -0.39 is 0 Å². The summed E-state index contributed by atoms with van der Waals surface area (Å²) in [6.07, 6.45) is 3.31. The summed E-state index contributed by atoms with van der Waals surface area (Å²) in [6, 6.07) is 6.94. The first-order chi connectivity index (χ1) is 8.58. The molecule has 94 valence electrons. The zero-order chi connectivity index (χ0) is 13.1. The molecule has 0 amide bonds. The average molecular weight is 245 g/mol. The summed E-state index contributed by atoms with van der Waals surface area (Å²) in [5.74, 6) is -0.129. The number of rotatable bonds is 4. The molecule has 0 spiro atoms. The van der Waals surface area contributed by atoms with Crippen molar-refractivity contribution in [3.05, 3.63) is 47.9 Å². The minimum Gasteiger partial charge on any atom is -0.507 e. The summed E-state index contributed by atoms with van der Waals surface area (Å²) >= 11 is 0. The van der Waals surface area contributed by atoms with Crippen molar-refractivity contribution in [2.75, 3.05) is 11.9 Å². The fourth-order valence-electron chi connectivity index (χ4n) is 1.80. The topological polar surface area (TPSA) is 53.7 Å². The number of anilines is 1. The smallest absolute Gasteiger partial charge is 0.163 e. The van der Waals surface area contributed by atoms with E-state index in [1.54, 1.807) is 24.7 Å². The fraction of sp³-hybridized carbons (Fsp3) is 0.214. The van der Waals surface area contributed by atoms with Gasteiger partial charge >= 0.3 is 0 Å². The highest BCUT2D eigenvalue weighted by Gasteiger charge is 2.09. The van der Waals surface area contributed by atoms with Crippen molar-refractivity contribution in [2.24, 2.45) is 0 Å².